The molecule has 3 rings (SSSR count). The van der Waals surface area contributed by atoms with Gasteiger partial charge < -0.3 is 4.90 Å². The van der Waals surface area contributed by atoms with Crippen LogP contribution in [0.3, 0.4) is 0 Å². The minimum atomic E-state index is -3.41. The Labute approximate surface area is 150 Å². The van der Waals surface area contributed by atoms with Gasteiger partial charge in [0.05, 0.1) is 4.90 Å². The summed E-state index contributed by atoms with van der Waals surface area (Å²) in [5, 5.41) is 0. The molecule has 1 aliphatic rings. The maximum absolute atomic E-state index is 12.7. The van der Waals surface area contributed by atoms with Gasteiger partial charge in [0.2, 0.25) is 10.0 Å². The van der Waals surface area contributed by atoms with Crippen molar-refractivity contribution in [2.45, 2.75) is 11.8 Å². The molecule has 23 heavy (non-hydrogen) atoms. The third-order valence-corrected chi connectivity index (χ3v) is 6.52. The molecular weight excluding hydrogens is 425 g/mol. The minimum Gasteiger partial charge on any atom is -0.354 e. The van der Waals surface area contributed by atoms with Crippen molar-refractivity contribution in [2.75, 3.05) is 31.1 Å². The van der Waals surface area contributed by atoms with Crippen molar-refractivity contribution in [3.63, 3.8) is 0 Å². The van der Waals surface area contributed by atoms with Crippen molar-refractivity contribution in [3.05, 3.63) is 51.7 Å². The number of anilines is 1. The number of hydrogen-bond acceptors (Lipinski definition) is 4. The number of aryl methyl sites for hydroxylation is 1. The molecule has 122 valence electrons. The zero-order valence-electron chi connectivity index (χ0n) is 12.8. The molecule has 1 aromatic heterocycles. The molecule has 0 bridgehead atoms. The van der Waals surface area contributed by atoms with Gasteiger partial charge in [-0.05, 0) is 65.9 Å². The molecule has 0 radical (unpaired) electrons. The van der Waals surface area contributed by atoms with Crippen molar-refractivity contribution in [1.82, 2.24) is 9.29 Å². The van der Waals surface area contributed by atoms with Crippen LogP contribution in [0, 0.1) is 10.5 Å². The molecule has 2 heterocycles. The van der Waals surface area contributed by atoms with E-state index < -0.39 is 10.0 Å². The van der Waals surface area contributed by atoms with Gasteiger partial charge in [0.15, 0.2) is 0 Å². The Bertz CT molecular complexity index is 785. The predicted octanol–water partition coefficient (Wildman–Crippen LogP) is 2.51. The zero-order chi connectivity index (χ0) is 16.4. The fourth-order valence-electron chi connectivity index (χ4n) is 2.62. The van der Waals surface area contributed by atoms with Crippen LogP contribution in [0.15, 0.2) is 47.4 Å². The summed E-state index contributed by atoms with van der Waals surface area (Å²) in [5.74, 6) is 0.913. The first kappa shape index (κ1) is 16.7. The smallest absolute Gasteiger partial charge is 0.243 e. The molecule has 1 aliphatic heterocycles. The number of rotatable bonds is 3. The van der Waals surface area contributed by atoms with Crippen LogP contribution in [0.5, 0.6) is 0 Å². The molecule has 0 amide bonds. The Hall–Kier alpha value is -1.19. The Morgan fingerprint density at radius 3 is 2.26 bits per heavy atom. The molecular formula is C16H18IN3O2S. The summed E-state index contributed by atoms with van der Waals surface area (Å²) in [4.78, 5) is 7.00. The van der Waals surface area contributed by atoms with Crippen LogP contribution in [0.2, 0.25) is 0 Å². The molecule has 2 aromatic rings. The molecule has 0 N–H and O–H groups in total. The second kappa shape index (κ2) is 6.74. The number of hydrogen-bond donors (Lipinski definition) is 0. The van der Waals surface area contributed by atoms with E-state index in [9.17, 15) is 8.42 Å². The maximum Gasteiger partial charge on any atom is 0.243 e. The third-order valence-electron chi connectivity index (χ3n) is 3.89. The molecule has 0 spiro atoms. The van der Waals surface area contributed by atoms with Crippen LogP contribution in [-0.2, 0) is 10.0 Å². The van der Waals surface area contributed by atoms with Crippen LogP contribution in [-0.4, -0.2) is 43.9 Å². The predicted molar refractivity (Wildman–Crippen MR) is 99.1 cm³/mol. The largest absolute Gasteiger partial charge is 0.354 e. The van der Waals surface area contributed by atoms with E-state index in [1.807, 2.05) is 37.3 Å². The first-order chi connectivity index (χ1) is 11.0. The molecule has 7 heteroatoms. The summed E-state index contributed by atoms with van der Waals surface area (Å²) in [6, 6.07) is 12.9. The molecule has 0 unspecified atom stereocenters. The van der Waals surface area contributed by atoms with Gasteiger partial charge in [-0.15, -0.1) is 0 Å². The first-order valence-electron chi connectivity index (χ1n) is 7.41. The first-order valence-corrected chi connectivity index (χ1v) is 9.93. The van der Waals surface area contributed by atoms with Gasteiger partial charge in [-0.2, -0.15) is 4.31 Å². The maximum atomic E-state index is 12.7. The van der Waals surface area contributed by atoms with Crippen LogP contribution >= 0.6 is 22.6 Å². The minimum absolute atomic E-state index is 0.361. The van der Waals surface area contributed by atoms with Gasteiger partial charge in [0, 0.05) is 35.4 Å². The summed E-state index contributed by atoms with van der Waals surface area (Å²) < 4.78 is 28.0. The second-order valence-electron chi connectivity index (χ2n) is 5.48. The van der Waals surface area contributed by atoms with E-state index in [1.54, 1.807) is 16.4 Å². The number of halogens is 1. The van der Waals surface area contributed by atoms with E-state index in [2.05, 4.69) is 32.5 Å². The fourth-order valence-corrected chi connectivity index (χ4v) is 4.40. The molecule has 1 fully saturated rings. The van der Waals surface area contributed by atoms with E-state index in [-0.39, 0.29) is 0 Å². The van der Waals surface area contributed by atoms with E-state index in [4.69, 9.17) is 0 Å². The van der Waals surface area contributed by atoms with Crippen LogP contribution < -0.4 is 4.90 Å². The lowest BCUT2D eigenvalue weighted by Crippen LogP contribution is -2.48. The lowest BCUT2D eigenvalue weighted by Gasteiger charge is -2.34. The lowest BCUT2D eigenvalue weighted by atomic mass is 10.3. The summed E-state index contributed by atoms with van der Waals surface area (Å²) in [5.41, 5.74) is 0.969. The highest BCUT2D eigenvalue weighted by molar-refractivity contribution is 14.1. The highest BCUT2D eigenvalue weighted by atomic mass is 127. The molecule has 0 aliphatic carbocycles. The van der Waals surface area contributed by atoms with Crippen molar-refractivity contribution in [3.8, 4) is 0 Å². The highest BCUT2D eigenvalue weighted by Crippen LogP contribution is 2.21. The standard InChI is InChI=1S/C16H18IN3O2S/c1-13-3-2-4-16(18-13)19-9-11-20(12-10-19)23(21,22)15-7-5-14(17)6-8-15/h2-8H,9-12H2,1H3. The molecule has 0 saturated carbocycles. The summed E-state index contributed by atoms with van der Waals surface area (Å²) in [6.07, 6.45) is 0. The van der Waals surface area contributed by atoms with Crippen molar-refractivity contribution >= 4 is 38.4 Å². The van der Waals surface area contributed by atoms with Gasteiger partial charge in [0.25, 0.3) is 0 Å². The van der Waals surface area contributed by atoms with Gasteiger partial charge in [-0.1, -0.05) is 6.07 Å². The Kier molecular flexibility index (Phi) is 4.88. The van der Waals surface area contributed by atoms with E-state index in [0.29, 0.717) is 31.1 Å². The summed E-state index contributed by atoms with van der Waals surface area (Å²) >= 11 is 2.17. The van der Waals surface area contributed by atoms with Gasteiger partial charge >= 0.3 is 0 Å². The molecule has 5 nitrogen and oxygen atoms in total. The summed E-state index contributed by atoms with van der Waals surface area (Å²) in [7, 11) is -3.41. The number of benzene rings is 1. The van der Waals surface area contributed by atoms with Crippen molar-refractivity contribution < 1.29 is 8.42 Å². The molecule has 1 saturated heterocycles. The fraction of sp³-hybridized carbons (Fsp3) is 0.312. The number of sulfonamides is 1. The van der Waals surface area contributed by atoms with E-state index in [1.165, 1.54) is 0 Å². The number of aromatic nitrogens is 1. The average Bonchev–Trinajstić information content (AvgIpc) is 2.55. The van der Waals surface area contributed by atoms with Crippen molar-refractivity contribution in [2.24, 2.45) is 0 Å². The lowest BCUT2D eigenvalue weighted by molar-refractivity contribution is 0.384. The van der Waals surface area contributed by atoms with Crippen LogP contribution in [0.1, 0.15) is 5.69 Å². The Morgan fingerprint density at radius 2 is 1.65 bits per heavy atom. The van der Waals surface area contributed by atoms with Gasteiger partial charge in [-0.25, -0.2) is 13.4 Å². The number of nitrogens with zero attached hydrogens (tertiary/aromatic N) is 3. The van der Waals surface area contributed by atoms with Crippen LogP contribution in [0.4, 0.5) is 5.82 Å². The zero-order valence-corrected chi connectivity index (χ0v) is 15.8. The number of pyridine rings is 1. The quantitative estimate of drug-likeness (QED) is 0.685. The summed E-state index contributed by atoms with van der Waals surface area (Å²) in [6.45, 7) is 4.22. The van der Waals surface area contributed by atoms with Gasteiger partial charge in [-0.3, -0.25) is 0 Å². The second-order valence-corrected chi connectivity index (χ2v) is 8.67. The average molecular weight is 443 g/mol. The normalized spacial score (nSPS) is 16.5. The number of piperazine rings is 1. The topological polar surface area (TPSA) is 53.5 Å². The monoisotopic (exact) mass is 443 g/mol. The van der Waals surface area contributed by atoms with E-state index in [0.717, 1.165) is 15.1 Å². The SMILES string of the molecule is Cc1cccc(N2CCN(S(=O)(=O)c3ccc(I)cc3)CC2)n1. The van der Waals surface area contributed by atoms with Gasteiger partial charge in [0.1, 0.15) is 5.82 Å². The Balaban J connectivity index is 1.72. The highest BCUT2D eigenvalue weighted by Gasteiger charge is 2.28. The molecule has 0 atom stereocenters. The molecule has 1 aromatic carbocycles. The van der Waals surface area contributed by atoms with Crippen molar-refractivity contribution in [1.29, 1.82) is 0 Å². The third kappa shape index (κ3) is 3.67. The van der Waals surface area contributed by atoms with E-state index >= 15 is 0 Å². The van der Waals surface area contributed by atoms with Crippen LogP contribution in [0.25, 0.3) is 0 Å². The Morgan fingerprint density at radius 1 is 1.00 bits per heavy atom.